The van der Waals surface area contributed by atoms with Crippen LogP contribution >= 0.6 is 0 Å². The van der Waals surface area contributed by atoms with Crippen molar-refractivity contribution in [2.45, 2.75) is 18.4 Å². The first-order valence-electron chi connectivity index (χ1n) is 7.91. The molecule has 2 aliphatic heterocycles. The lowest BCUT2D eigenvalue weighted by Gasteiger charge is -2.36. The lowest BCUT2D eigenvalue weighted by molar-refractivity contribution is -0.135. The van der Waals surface area contributed by atoms with Gasteiger partial charge < -0.3 is 9.80 Å². The highest BCUT2D eigenvalue weighted by Gasteiger charge is 2.43. The summed E-state index contributed by atoms with van der Waals surface area (Å²) in [5.74, 6) is -5.89. The summed E-state index contributed by atoms with van der Waals surface area (Å²) in [6.45, 7) is 0.299. The van der Waals surface area contributed by atoms with Crippen LogP contribution in [0.1, 0.15) is 16.8 Å². The topological polar surface area (TPSA) is 52.7 Å². The van der Waals surface area contributed by atoms with Gasteiger partial charge in [0.15, 0.2) is 11.6 Å². The molecule has 2 aliphatic rings. The highest BCUT2D eigenvalue weighted by molar-refractivity contribution is 5.94. The van der Waals surface area contributed by atoms with E-state index in [1.807, 2.05) is 0 Å². The zero-order valence-electron chi connectivity index (χ0n) is 13.3. The first-order chi connectivity index (χ1) is 11.8. The Hall–Kier alpha value is -2.16. The number of amides is 2. The molecule has 1 unspecified atom stereocenters. The highest BCUT2D eigenvalue weighted by atomic mass is 19.3. The maximum atomic E-state index is 13.2. The monoisotopic (exact) mass is 359 g/mol. The minimum absolute atomic E-state index is 0.0239. The van der Waals surface area contributed by atoms with E-state index in [1.165, 1.54) is 15.9 Å². The number of hydrogen-bond acceptors (Lipinski definition) is 3. The van der Waals surface area contributed by atoms with Crippen molar-refractivity contribution in [2.75, 3.05) is 32.7 Å². The first kappa shape index (κ1) is 17.7. The van der Waals surface area contributed by atoms with Crippen molar-refractivity contribution in [1.29, 1.82) is 0 Å². The van der Waals surface area contributed by atoms with Gasteiger partial charge in [-0.2, -0.15) is 0 Å². The molecule has 0 aliphatic carbocycles. The molecule has 1 atom stereocenters. The Kier molecular flexibility index (Phi) is 4.68. The van der Waals surface area contributed by atoms with Gasteiger partial charge in [0.25, 0.3) is 11.8 Å². The normalized spacial score (nSPS) is 23.0. The van der Waals surface area contributed by atoms with Gasteiger partial charge in [0.05, 0.1) is 12.6 Å². The van der Waals surface area contributed by atoms with Crippen molar-refractivity contribution in [3.63, 3.8) is 0 Å². The summed E-state index contributed by atoms with van der Waals surface area (Å²) >= 11 is 0. The highest BCUT2D eigenvalue weighted by Crippen LogP contribution is 2.26. The van der Waals surface area contributed by atoms with E-state index in [4.69, 9.17) is 0 Å². The Morgan fingerprint density at radius 2 is 1.68 bits per heavy atom. The molecule has 1 aromatic carbocycles. The Morgan fingerprint density at radius 3 is 2.24 bits per heavy atom. The second kappa shape index (κ2) is 6.62. The second-order valence-corrected chi connectivity index (χ2v) is 6.24. The zero-order chi connectivity index (χ0) is 18.2. The van der Waals surface area contributed by atoms with Crippen molar-refractivity contribution < 1.29 is 27.2 Å². The molecule has 5 nitrogen and oxygen atoms in total. The standard InChI is InChI=1S/C16H17F4N3O2/c17-11-2-1-10(7-12(11)18)14(24)22-3-5-23(6-4-22)15(25)13-8-16(19,20)9-21-13/h1-2,7,13,21H,3-6,8-9H2. The fourth-order valence-corrected chi connectivity index (χ4v) is 3.05. The lowest BCUT2D eigenvalue weighted by Crippen LogP contribution is -2.54. The van der Waals surface area contributed by atoms with Crippen LogP contribution in [0, 0.1) is 11.6 Å². The second-order valence-electron chi connectivity index (χ2n) is 6.24. The molecule has 136 valence electrons. The Morgan fingerprint density at radius 1 is 1.04 bits per heavy atom. The summed E-state index contributed by atoms with van der Waals surface area (Å²) in [6, 6.07) is 2.00. The fraction of sp³-hybridized carbons (Fsp3) is 0.500. The number of carbonyl (C=O) groups is 2. The fourth-order valence-electron chi connectivity index (χ4n) is 3.05. The first-order valence-corrected chi connectivity index (χ1v) is 7.91. The maximum Gasteiger partial charge on any atom is 0.262 e. The van der Waals surface area contributed by atoms with Gasteiger partial charge in [0.2, 0.25) is 5.91 Å². The molecule has 2 saturated heterocycles. The molecule has 2 amide bonds. The summed E-state index contributed by atoms with van der Waals surface area (Å²) in [7, 11) is 0. The van der Waals surface area contributed by atoms with E-state index < -0.39 is 48.4 Å². The summed E-state index contributed by atoms with van der Waals surface area (Å²) in [6.07, 6.45) is -0.528. The molecule has 3 rings (SSSR count). The third kappa shape index (κ3) is 3.76. The van der Waals surface area contributed by atoms with E-state index in [9.17, 15) is 27.2 Å². The predicted molar refractivity (Wildman–Crippen MR) is 80.2 cm³/mol. The van der Waals surface area contributed by atoms with Gasteiger partial charge in [-0.1, -0.05) is 0 Å². The molecule has 0 bridgehead atoms. The minimum atomic E-state index is -2.88. The average Bonchev–Trinajstić information content (AvgIpc) is 2.96. The Labute approximate surface area is 141 Å². The van der Waals surface area contributed by atoms with Crippen molar-refractivity contribution in [1.82, 2.24) is 15.1 Å². The number of piperazine rings is 1. The van der Waals surface area contributed by atoms with E-state index in [-0.39, 0.29) is 31.7 Å². The summed E-state index contributed by atoms with van der Waals surface area (Å²) in [5, 5.41) is 2.52. The van der Waals surface area contributed by atoms with Gasteiger partial charge in [-0.05, 0) is 18.2 Å². The number of rotatable bonds is 2. The average molecular weight is 359 g/mol. The van der Waals surface area contributed by atoms with Crippen LogP contribution in [0.25, 0.3) is 0 Å². The number of halogens is 4. The zero-order valence-corrected chi connectivity index (χ0v) is 13.3. The SMILES string of the molecule is O=C(c1ccc(F)c(F)c1)N1CCN(C(=O)C2CC(F)(F)CN2)CC1. The van der Waals surface area contributed by atoms with Crippen LogP contribution in [0.15, 0.2) is 18.2 Å². The van der Waals surface area contributed by atoms with Crippen molar-refractivity contribution in [3.8, 4) is 0 Å². The van der Waals surface area contributed by atoms with Crippen LogP contribution in [0.5, 0.6) is 0 Å². The van der Waals surface area contributed by atoms with Gasteiger partial charge in [0, 0.05) is 38.2 Å². The lowest BCUT2D eigenvalue weighted by atomic mass is 10.1. The summed E-state index contributed by atoms with van der Waals surface area (Å²) in [5.41, 5.74) is 0.0239. The number of nitrogens with one attached hydrogen (secondary N) is 1. The van der Waals surface area contributed by atoms with Crippen LogP contribution in [0.3, 0.4) is 0 Å². The molecule has 0 radical (unpaired) electrons. The number of benzene rings is 1. The smallest absolute Gasteiger partial charge is 0.262 e. The third-order valence-electron chi connectivity index (χ3n) is 4.45. The summed E-state index contributed by atoms with van der Waals surface area (Å²) in [4.78, 5) is 27.4. The van der Waals surface area contributed by atoms with Gasteiger partial charge >= 0.3 is 0 Å². The van der Waals surface area contributed by atoms with Gasteiger partial charge in [0.1, 0.15) is 0 Å². The minimum Gasteiger partial charge on any atom is -0.338 e. The van der Waals surface area contributed by atoms with Gasteiger partial charge in [-0.15, -0.1) is 0 Å². The molecule has 1 N–H and O–H groups in total. The van der Waals surface area contributed by atoms with Crippen LogP contribution in [-0.2, 0) is 4.79 Å². The van der Waals surface area contributed by atoms with Crippen molar-refractivity contribution in [3.05, 3.63) is 35.4 Å². The van der Waals surface area contributed by atoms with Crippen LogP contribution in [0.4, 0.5) is 17.6 Å². The van der Waals surface area contributed by atoms with E-state index in [2.05, 4.69) is 5.32 Å². The Balaban J connectivity index is 1.57. The molecule has 2 fully saturated rings. The quantitative estimate of drug-likeness (QED) is 0.809. The number of hydrogen-bond donors (Lipinski definition) is 1. The van der Waals surface area contributed by atoms with Gasteiger partial charge in [-0.25, -0.2) is 17.6 Å². The van der Waals surface area contributed by atoms with E-state index >= 15 is 0 Å². The summed E-state index contributed by atoms with van der Waals surface area (Å²) < 4.78 is 52.6. The molecule has 0 saturated carbocycles. The molecular weight excluding hydrogens is 342 g/mol. The molecule has 0 spiro atoms. The van der Waals surface area contributed by atoms with Gasteiger partial charge in [-0.3, -0.25) is 14.9 Å². The van der Waals surface area contributed by atoms with Crippen LogP contribution in [0.2, 0.25) is 0 Å². The molecular formula is C16H17F4N3O2. The number of carbonyl (C=O) groups excluding carboxylic acids is 2. The van der Waals surface area contributed by atoms with E-state index in [0.29, 0.717) is 0 Å². The van der Waals surface area contributed by atoms with Crippen molar-refractivity contribution in [2.24, 2.45) is 0 Å². The largest absolute Gasteiger partial charge is 0.338 e. The van der Waals surface area contributed by atoms with Crippen LogP contribution in [-0.4, -0.2) is 66.3 Å². The Bertz CT molecular complexity index is 690. The van der Waals surface area contributed by atoms with E-state index in [0.717, 1.165) is 12.1 Å². The van der Waals surface area contributed by atoms with Crippen LogP contribution < -0.4 is 5.32 Å². The maximum absolute atomic E-state index is 13.2. The number of nitrogens with zero attached hydrogens (tertiary/aromatic N) is 2. The predicted octanol–water partition coefficient (Wildman–Crippen LogP) is 1.25. The molecule has 2 heterocycles. The third-order valence-corrected chi connectivity index (χ3v) is 4.45. The molecule has 1 aromatic rings. The van der Waals surface area contributed by atoms with Crippen molar-refractivity contribution >= 4 is 11.8 Å². The molecule has 0 aromatic heterocycles. The molecule has 9 heteroatoms. The number of alkyl halides is 2. The molecule has 25 heavy (non-hydrogen) atoms. The van der Waals surface area contributed by atoms with E-state index in [1.54, 1.807) is 0 Å².